The van der Waals surface area contributed by atoms with Crippen LogP contribution in [0.2, 0.25) is 0 Å². The monoisotopic (exact) mass is 257 g/mol. The largest absolute Gasteiger partial charge is 0.354 e. The van der Waals surface area contributed by atoms with Gasteiger partial charge < -0.3 is 16.4 Å². The molecule has 0 saturated carbocycles. The lowest BCUT2D eigenvalue weighted by molar-refractivity contribution is -0.129. The van der Waals surface area contributed by atoms with Crippen LogP contribution in [0.5, 0.6) is 0 Å². The molecule has 106 valence electrons. The van der Waals surface area contributed by atoms with Gasteiger partial charge in [-0.25, -0.2) is 0 Å². The van der Waals surface area contributed by atoms with Gasteiger partial charge in [-0.3, -0.25) is 9.59 Å². The quantitative estimate of drug-likeness (QED) is 0.646. The van der Waals surface area contributed by atoms with Gasteiger partial charge in [-0.2, -0.15) is 0 Å². The molecule has 2 amide bonds. The fraction of sp³-hybridized carbons (Fsp3) is 0.846. The van der Waals surface area contributed by atoms with Crippen LogP contribution < -0.4 is 16.4 Å². The Labute approximate surface area is 110 Å². The second-order valence-electron chi connectivity index (χ2n) is 6.64. The Hall–Kier alpha value is -1.10. The summed E-state index contributed by atoms with van der Waals surface area (Å²) in [5, 5.41) is 5.48. The zero-order valence-electron chi connectivity index (χ0n) is 12.4. The summed E-state index contributed by atoms with van der Waals surface area (Å²) in [5.41, 5.74) is 5.13. The molecule has 0 unspecified atom stereocenters. The van der Waals surface area contributed by atoms with Crippen LogP contribution in [0.1, 0.15) is 41.5 Å². The smallest absolute Gasteiger partial charge is 0.237 e. The molecule has 0 heterocycles. The molecule has 0 aliphatic rings. The van der Waals surface area contributed by atoms with Gasteiger partial charge in [0.2, 0.25) is 11.8 Å². The Morgan fingerprint density at radius 1 is 1.00 bits per heavy atom. The lowest BCUT2D eigenvalue weighted by Crippen LogP contribution is -2.50. The van der Waals surface area contributed by atoms with Crippen LogP contribution in [-0.2, 0) is 9.59 Å². The summed E-state index contributed by atoms with van der Waals surface area (Å²) >= 11 is 0. The van der Waals surface area contributed by atoms with Crippen molar-refractivity contribution in [2.75, 3.05) is 13.1 Å². The topological polar surface area (TPSA) is 84.2 Å². The molecular weight excluding hydrogens is 230 g/mol. The molecule has 5 nitrogen and oxygen atoms in total. The van der Waals surface area contributed by atoms with Crippen LogP contribution in [0, 0.1) is 10.8 Å². The van der Waals surface area contributed by atoms with Crippen molar-refractivity contribution in [2.24, 2.45) is 16.6 Å². The molecule has 0 bridgehead atoms. The van der Waals surface area contributed by atoms with Crippen LogP contribution in [-0.4, -0.2) is 30.9 Å². The number of hydrogen-bond donors (Lipinski definition) is 3. The molecule has 0 saturated heterocycles. The molecule has 0 aromatic rings. The van der Waals surface area contributed by atoms with Crippen LogP contribution in [0.4, 0.5) is 0 Å². The van der Waals surface area contributed by atoms with Gasteiger partial charge in [0.1, 0.15) is 0 Å². The summed E-state index contributed by atoms with van der Waals surface area (Å²) in [7, 11) is 0. The molecule has 0 radical (unpaired) electrons. The first kappa shape index (κ1) is 16.9. The lowest BCUT2D eigenvalue weighted by atomic mass is 9.87. The highest BCUT2D eigenvalue weighted by atomic mass is 16.2. The maximum absolute atomic E-state index is 11.7. The molecule has 0 spiro atoms. The first-order chi connectivity index (χ1) is 7.96. The van der Waals surface area contributed by atoms with Crippen molar-refractivity contribution in [3.63, 3.8) is 0 Å². The summed E-state index contributed by atoms with van der Waals surface area (Å²) in [6.45, 7) is 12.1. The zero-order chi connectivity index (χ0) is 14.6. The molecular formula is C13H27N3O2. The molecule has 0 aromatic heterocycles. The maximum Gasteiger partial charge on any atom is 0.237 e. The summed E-state index contributed by atoms with van der Waals surface area (Å²) in [6, 6.07) is -0.546. The average Bonchev–Trinajstić information content (AvgIpc) is 2.19. The van der Waals surface area contributed by atoms with E-state index in [1.807, 2.05) is 41.5 Å². The average molecular weight is 257 g/mol. The van der Waals surface area contributed by atoms with Gasteiger partial charge in [-0.05, 0) is 5.41 Å². The number of nitrogens with one attached hydrogen (secondary N) is 2. The Bertz CT molecular complexity index is 300. The molecule has 0 aliphatic heterocycles. The first-order valence-electron chi connectivity index (χ1n) is 6.28. The van der Waals surface area contributed by atoms with Gasteiger partial charge in [-0.15, -0.1) is 0 Å². The second-order valence-corrected chi connectivity index (χ2v) is 6.64. The Kier molecular flexibility index (Phi) is 5.80. The van der Waals surface area contributed by atoms with Crippen LogP contribution in [0.15, 0.2) is 0 Å². The van der Waals surface area contributed by atoms with Gasteiger partial charge in [-0.1, -0.05) is 41.5 Å². The third-order valence-corrected chi connectivity index (χ3v) is 2.61. The summed E-state index contributed by atoms with van der Waals surface area (Å²) in [5.74, 6) is -0.218. The Morgan fingerprint density at radius 2 is 1.44 bits per heavy atom. The van der Waals surface area contributed by atoms with E-state index < -0.39 is 11.5 Å². The minimum absolute atomic E-state index is 0.0307. The van der Waals surface area contributed by atoms with Gasteiger partial charge in [0.15, 0.2) is 0 Å². The summed E-state index contributed by atoms with van der Waals surface area (Å²) in [6.07, 6.45) is 0. The first-order valence-corrected chi connectivity index (χ1v) is 6.28. The molecule has 0 rings (SSSR count). The van der Waals surface area contributed by atoms with Gasteiger partial charge in [0.25, 0.3) is 0 Å². The predicted molar refractivity (Wildman–Crippen MR) is 72.9 cm³/mol. The van der Waals surface area contributed by atoms with Gasteiger partial charge in [0.05, 0.1) is 6.04 Å². The fourth-order valence-electron chi connectivity index (χ4n) is 1.13. The van der Waals surface area contributed by atoms with Crippen LogP contribution in [0.3, 0.4) is 0 Å². The van der Waals surface area contributed by atoms with E-state index in [0.29, 0.717) is 13.1 Å². The van der Waals surface area contributed by atoms with Crippen molar-refractivity contribution >= 4 is 11.8 Å². The van der Waals surface area contributed by atoms with E-state index in [4.69, 9.17) is 5.73 Å². The van der Waals surface area contributed by atoms with E-state index in [-0.39, 0.29) is 17.2 Å². The van der Waals surface area contributed by atoms with Gasteiger partial charge >= 0.3 is 0 Å². The van der Waals surface area contributed by atoms with E-state index in [1.54, 1.807) is 0 Å². The van der Waals surface area contributed by atoms with Crippen molar-refractivity contribution in [1.29, 1.82) is 0 Å². The summed E-state index contributed by atoms with van der Waals surface area (Å²) in [4.78, 5) is 23.2. The lowest BCUT2D eigenvalue weighted by Gasteiger charge is -2.26. The van der Waals surface area contributed by atoms with E-state index in [9.17, 15) is 9.59 Å². The number of nitrogens with two attached hydrogens (primary N) is 1. The summed E-state index contributed by atoms with van der Waals surface area (Å²) < 4.78 is 0. The molecule has 18 heavy (non-hydrogen) atoms. The van der Waals surface area contributed by atoms with Crippen LogP contribution >= 0.6 is 0 Å². The van der Waals surface area contributed by atoms with Crippen molar-refractivity contribution in [2.45, 2.75) is 47.6 Å². The third kappa shape index (κ3) is 6.00. The van der Waals surface area contributed by atoms with Crippen LogP contribution in [0.25, 0.3) is 0 Å². The number of rotatable bonds is 4. The van der Waals surface area contributed by atoms with Crippen molar-refractivity contribution < 1.29 is 9.59 Å². The number of carbonyl (C=O) groups excluding carboxylic acids is 2. The number of carbonyl (C=O) groups is 2. The Balaban J connectivity index is 3.94. The van der Waals surface area contributed by atoms with Gasteiger partial charge in [0, 0.05) is 18.5 Å². The fourth-order valence-corrected chi connectivity index (χ4v) is 1.13. The predicted octanol–water partition coefficient (Wildman–Crippen LogP) is 0.638. The van der Waals surface area contributed by atoms with E-state index in [2.05, 4.69) is 10.6 Å². The van der Waals surface area contributed by atoms with E-state index in [0.717, 1.165) is 0 Å². The highest BCUT2D eigenvalue weighted by Crippen LogP contribution is 2.17. The van der Waals surface area contributed by atoms with Crippen molar-refractivity contribution in [3.8, 4) is 0 Å². The minimum Gasteiger partial charge on any atom is -0.354 e. The molecule has 1 atom stereocenters. The van der Waals surface area contributed by atoms with Crippen molar-refractivity contribution in [1.82, 2.24) is 10.6 Å². The molecule has 0 aromatic carbocycles. The minimum atomic E-state index is -0.546. The molecule has 0 aliphatic carbocycles. The van der Waals surface area contributed by atoms with E-state index in [1.165, 1.54) is 0 Å². The number of hydrogen-bond acceptors (Lipinski definition) is 3. The van der Waals surface area contributed by atoms with E-state index >= 15 is 0 Å². The molecule has 4 N–H and O–H groups in total. The maximum atomic E-state index is 11.7. The van der Waals surface area contributed by atoms with Crippen molar-refractivity contribution in [3.05, 3.63) is 0 Å². The highest BCUT2D eigenvalue weighted by molar-refractivity contribution is 5.83. The standard InChI is InChI=1S/C13H27N3O2/c1-12(2,3)9(14)10(17)15-7-8-16-11(18)13(4,5)6/h9H,7-8,14H2,1-6H3,(H,15,17)(H,16,18)/t9-/m1/s1. The highest BCUT2D eigenvalue weighted by Gasteiger charge is 2.27. The third-order valence-electron chi connectivity index (χ3n) is 2.61. The number of amides is 2. The second kappa shape index (κ2) is 6.18. The zero-order valence-corrected chi connectivity index (χ0v) is 12.4. The molecule has 5 heteroatoms. The Morgan fingerprint density at radius 3 is 1.83 bits per heavy atom. The molecule has 0 fully saturated rings. The SMILES string of the molecule is CC(C)(C)C(=O)NCCNC(=O)[C@@H](N)C(C)(C)C. The normalized spacial score (nSPS) is 13.9.